The Morgan fingerprint density at radius 1 is 1.27 bits per heavy atom. The van der Waals surface area contributed by atoms with Crippen molar-refractivity contribution in [2.24, 2.45) is 0 Å². The van der Waals surface area contributed by atoms with Crippen molar-refractivity contribution in [2.75, 3.05) is 6.54 Å². The molecular weight excluding hydrogens is 188 g/mol. The highest BCUT2D eigenvalue weighted by molar-refractivity contribution is 4.77. The van der Waals surface area contributed by atoms with Crippen LogP contribution < -0.4 is 10.8 Å². The quantitative estimate of drug-likeness (QED) is 0.684. The third-order valence-electron chi connectivity index (χ3n) is 3.54. The van der Waals surface area contributed by atoms with Gasteiger partial charge in [-0.25, -0.2) is 0 Å². The topological polar surface area (TPSA) is 33.3 Å². The van der Waals surface area contributed by atoms with E-state index in [1.807, 2.05) is 0 Å². The lowest BCUT2D eigenvalue weighted by atomic mass is 10.1. The van der Waals surface area contributed by atoms with Crippen LogP contribution in [0, 0.1) is 0 Å². The molecule has 0 aromatic carbocycles. The van der Waals surface area contributed by atoms with Gasteiger partial charge in [-0.15, -0.1) is 0 Å². The van der Waals surface area contributed by atoms with Crippen LogP contribution in [0.3, 0.4) is 0 Å². The predicted octanol–water partition coefficient (Wildman–Crippen LogP) is 1.98. The summed E-state index contributed by atoms with van der Waals surface area (Å²) in [5.74, 6) is 0. The van der Waals surface area contributed by atoms with Gasteiger partial charge in [0.05, 0.1) is 6.10 Å². The average molecular weight is 212 g/mol. The van der Waals surface area contributed by atoms with Gasteiger partial charge in [0, 0.05) is 12.1 Å². The first-order valence-corrected chi connectivity index (χ1v) is 6.49. The van der Waals surface area contributed by atoms with Crippen LogP contribution in [0.2, 0.25) is 0 Å². The molecule has 2 rings (SSSR count). The zero-order valence-electron chi connectivity index (χ0n) is 9.80. The van der Waals surface area contributed by atoms with E-state index in [0.29, 0.717) is 18.2 Å². The molecule has 0 spiro atoms. The Labute approximate surface area is 92.9 Å². The molecule has 3 nitrogen and oxygen atoms in total. The molecule has 1 aliphatic carbocycles. The molecule has 88 valence electrons. The number of rotatable bonds is 5. The van der Waals surface area contributed by atoms with Crippen molar-refractivity contribution >= 4 is 0 Å². The first kappa shape index (κ1) is 11.4. The van der Waals surface area contributed by atoms with Crippen LogP contribution in [0.4, 0.5) is 0 Å². The number of hydrogen-bond donors (Lipinski definition) is 2. The summed E-state index contributed by atoms with van der Waals surface area (Å²) >= 11 is 0. The molecule has 2 unspecified atom stereocenters. The number of hydroxylamine groups is 1. The summed E-state index contributed by atoms with van der Waals surface area (Å²) in [5.41, 5.74) is 3.21. The molecule has 0 radical (unpaired) electrons. The van der Waals surface area contributed by atoms with Crippen LogP contribution in [-0.4, -0.2) is 24.7 Å². The van der Waals surface area contributed by atoms with Crippen molar-refractivity contribution < 1.29 is 4.84 Å². The second kappa shape index (κ2) is 5.83. The second-order valence-electron chi connectivity index (χ2n) is 5.07. The molecule has 2 N–H and O–H groups in total. The molecule has 1 saturated heterocycles. The van der Waals surface area contributed by atoms with Crippen LogP contribution in [0.1, 0.15) is 51.9 Å². The van der Waals surface area contributed by atoms with Crippen molar-refractivity contribution in [3.8, 4) is 0 Å². The smallest absolute Gasteiger partial charge is 0.0790 e. The van der Waals surface area contributed by atoms with E-state index in [1.165, 1.54) is 51.5 Å². The van der Waals surface area contributed by atoms with E-state index in [0.717, 1.165) is 0 Å². The van der Waals surface area contributed by atoms with Crippen LogP contribution >= 0.6 is 0 Å². The fourth-order valence-electron chi connectivity index (χ4n) is 2.65. The molecule has 1 heterocycles. The van der Waals surface area contributed by atoms with Crippen LogP contribution in [0.15, 0.2) is 0 Å². The Balaban J connectivity index is 1.57. The Kier molecular flexibility index (Phi) is 4.42. The Morgan fingerprint density at radius 3 is 2.73 bits per heavy atom. The first-order chi connectivity index (χ1) is 7.34. The summed E-state index contributed by atoms with van der Waals surface area (Å²) in [6, 6.07) is 1.18. The fraction of sp³-hybridized carbons (Fsp3) is 1.00. The maximum atomic E-state index is 5.70. The molecule has 0 amide bonds. The molecule has 1 aliphatic heterocycles. The van der Waals surface area contributed by atoms with Crippen LogP contribution in [0.25, 0.3) is 0 Å². The highest BCUT2D eigenvalue weighted by Gasteiger charge is 2.19. The van der Waals surface area contributed by atoms with E-state index < -0.39 is 0 Å². The van der Waals surface area contributed by atoms with Gasteiger partial charge in [-0.3, -0.25) is 4.84 Å². The van der Waals surface area contributed by atoms with Crippen LogP contribution in [-0.2, 0) is 4.84 Å². The minimum absolute atomic E-state index is 0.473. The molecule has 1 saturated carbocycles. The highest BCUT2D eigenvalue weighted by Crippen LogP contribution is 2.20. The summed E-state index contributed by atoms with van der Waals surface area (Å²) in [7, 11) is 0. The molecule has 0 aromatic heterocycles. The van der Waals surface area contributed by atoms with E-state index in [2.05, 4.69) is 17.7 Å². The van der Waals surface area contributed by atoms with Gasteiger partial charge in [-0.2, -0.15) is 5.48 Å². The van der Waals surface area contributed by atoms with Gasteiger partial charge in [0.2, 0.25) is 0 Å². The summed E-state index contributed by atoms with van der Waals surface area (Å²) in [5, 5.41) is 3.52. The van der Waals surface area contributed by atoms with Gasteiger partial charge in [0.25, 0.3) is 0 Å². The summed E-state index contributed by atoms with van der Waals surface area (Å²) in [6.45, 7) is 3.41. The van der Waals surface area contributed by atoms with E-state index >= 15 is 0 Å². The normalized spacial score (nSPS) is 29.8. The van der Waals surface area contributed by atoms with Gasteiger partial charge in [-0.05, 0) is 45.6 Å². The summed E-state index contributed by atoms with van der Waals surface area (Å²) < 4.78 is 0. The van der Waals surface area contributed by atoms with Gasteiger partial charge < -0.3 is 5.32 Å². The SMILES string of the molecule is CC(CC1CCCN1)NOC1CCCC1. The van der Waals surface area contributed by atoms with Gasteiger partial charge in [0.1, 0.15) is 0 Å². The van der Waals surface area contributed by atoms with Gasteiger partial charge in [-0.1, -0.05) is 12.8 Å². The van der Waals surface area contributed by atoms with E-state index in [-0.39, 0.29) is 0 Å². The van der Waals surface area contributed by atoms with E-state index in [9.17, 15) is 0 Å². The molecule has 0 aromatic rings. The lowest BCUT2D eigenvalue weighted by Gasteiger charge is -2.20. The predicted molar refractivity (Wildman–Crippen MR) is 61.6 cm³/mol. The second-order valence-corrected chi connectivity index (χ2v) is 5.07. The number of nitrogens with one attached hydrogen (secondary N) is 2. The zero-order valence-corrected chi connectivity index (χ0v) is 9.80. The molecule has 2 atom stereocenters. The van der Waals surface area contributed by atoms with Crippen LogP contribution in [0.5, 0.6) is 0 Å². The Bertz CT molecular complexity index is 174. The van der Waals surface area contributed by atoms with Crippen molar-refractivity contribution in [2.45, 2.75) is 70.1 Å². The number of hydrogen-bond acceptors (Lipinski definition) is 3. The average Bonchev–Trinajstić information content (AvgIpc) is 2.86. The van der Waals surface area contributed by atoms with Crippen molar-refractivity contribution in [1.82, 2.24) is 10.8 Å². The van der Waals surface area contributed by atoms with E-state index in [1.54, 1.807) is 0 Å². The molecule has 2 aliphatic rings. The molecular formula is C12H24N2O. The minimum Gasteiger partial charge on any atom is -0.314 e. The summed E-state index contributed by atoms with van der Waals surface area (Å²) in [6.07, 6.45) is 9.48. The third-order valence-corrected chi connectivity index (χ3v) is 3.54. The highest BCUT2D eigenvalue weighted by atomic mass is 16.7. The van der Waals surface area contributed by atoms with Crippen molar-refractivity contribution in [3.63, 3.8) is 0 Å². The lowest BCUT2D eigenvalue weighted by Crippen LogP contribution is -2.35. The standard InChI is InChI=1S/C12H24N2O/c1-10(9-11-5-4-8-13-11)14-15-12-6-2-3-7-12/h10-14H,2-9H2,1H3. The van der Waals surface area contributed by atoms with Gasteiger partial charge in [0.15, 0.2) is 0 Å². The van der Waals surface area contributed by atoms with Gasteiger partial charge >= 0.3 is 0 Å². The molecule has 15 heavy (non-hydrogen) atoms. The fourth-order valence-corrected chi connectivity index (χ4v) is 2.65. The largest absolute Gasteiger partial charge is 0.314 e. The van der Waals surface area contributed by atoms with Crippen molar-refractivity contribution in [3.05, 3.63) is 0 Å². The zero-order chi connectivity index (χ0) is 10.5. The van der Waals surface area contributed by atoms with E-state index in [4.69, 9.17) is 4.84 Å². The maximum absolute atomic E-state index is 5.70. The van der Waals surface area contributed by atoms with Crippen molar-refractivity contribution in [1.29, 1.82) is 0 Å². The molecule has 2 fully saturated rings. The molecule has 3 heteroatoms. The lowest BCUT2D eigenvalue weighted by molar-refractivity contribution is -0.0394. The monoisotopic (exact) mass is 212 g/mol. The molecule has 0 bridgehead atoms. The Morgan fingerprint density at radius 2 is 2.07 bits per heavy atom. The minimum atomic E-state index is 0.473. The summed E-state index contributed by atoms with van der Waals surface area (Å²) in [4.78, 5) is 5.70. The Hall–Kier alpha value is -0.120. The third kappa shape index (κ3) is 3.74. The maximum Gasteiger partial charge on any atom is 0.0790 e. The first-order valence-electron chi connectivity index (χ1n) is 6.49.